The molecule has 0 spiro atoms. The molecule has 1 aromatic carbocycles. The number of nitrogens with one attached hydrogen (secondary N) is 1. The van der Waals surface area contributed by atoms with E-state index in [1.165, 1.54) is 24.6 Å². The molecule has 3 rings (SSSR count). The number of hydrogen-bond donors (Lipinski definition) is 2. The number of carbonyl (C=O) groups is 1. The molecule has 1 aliphatic rings. The molecule has 2 atom stereocenters. The Bertz CT molecular complexity index is 682. The van der Waals surface area contributed by atoms with Crippen LogP contribution < -0.4 is 5.32 Å². The smallest absolute Gasteiger partial charge is 0.273 e. The number of aliphatic hydroxyl groups is 1. The van der Waals surface area contributed by atoms with E-state index >= 15 is 0 Å². The second-order valence-electron chi connectivity index (χ2n) is 5.31. The minimum atomic E-state index is -1.14. The quantitative estimate of drug-likeness (QED) is 0.881. The molecule has 1 saturated heterocycles. The van der Waals surface area contributed by atoms with Gasteiger partial charge in [0.15, 0.2) is 17.8 Å². The van der Waals surface area contributed by atoms with Gasteiger partial charge in [-0.2, -0.15) is 0 Å². The first-order valence-electron chi connectivity index (χ1n) is 7.42. The number of ether oxygens (including phenoxy) is 1. The van der Waals surface area contributed by atoms with Gasteiger partial charge in [0.1, 0.15) is 11.9 Å². The Morgan fingerprint density at radius 1 is 1.48 bits per heavy atom. The van der Waals surface area contributed by atoms with Gasteiger partial charge >= 0.3 is 0 Å². The van der Waals surface area contributed by atoms with Crippen molar-refractivity contribution in [2.45, 2.75) is 25.0 Å². The Morgan fingerprint density at radius 3 is 3.04 bits per heavy atom. The van der Waals surface area contributed by atoms with Crippen molar-refractivity contribution >= 4 is 5.91 Å². The third-order valence-electron chi connectivity index (χ3n) is 3.75. The van der Waals surface area contributed by atoms with Crippen LogP contribution in [0.25, 0.3) is 0 Å². The van der Waals surface area contributed by atoms with Gasteiger partial charge in [0.25, 0.3) is 5.91 Å². The molecule has 122 valence electrons. The van der Waals surface area contributed by atoms with Gasteiger partial charge in [0, 0.05) is 18.7 Å². The summed E-state index contributed by atoms with van der Waals surface area (Å²) >= 11 is 0. The van der Waals surface area contributed by atoms with E-state index in [0.717, 1.165) is 12.8 Å². The van der Waals surface area contributed by atoms with Crippen molar-refractivity contribution in [3.05, 3.63) is 53.5 Å². The molecule has 1 aromatic heterocycles. The van der Waals surface area contributed by atoms with E-state index in [0.29, 0.717) is 12.4 Å². The van der Waals surface area contributed by atoms with Crippen LogP contribution in [-0.4, -0.2) is 29.1 Å². The van der Waals surface area contributed by atoms with E-state index in [1.54, 1.807) is 6.07 Å². The highest BCUT2D eigenvalue weighted by molar-refractivity contribution is 5.93. The molecule has 0 saturated carbocycles. The molecule has 0 aliphatic carbocycles. The summed E-state index contributed by atoms with van der Waals surface area (Å²) in [5.41, 5.74) is 0.268. The Balaban J connectivity index is 1.64. The van der Waals surface area contributed by atoms with Crippen LogP contribution in [0.15, 0.2) is 35.1 Å². The topological polar surface area (TPSA) is 84.6 Å². The van der Waals surface area contributed by atoms with Crippen LogP contribution in [-0.2, 0) is 4.74 Å². The van der Waals surface area contributed by atoms with Gasteiger partial charge in [-0.05, 0) is 18.9 Å². The zero-order valence-electron chi connectivity index (χ0n) is 12.4. The number of benzene rings is 1. The van der Waals surface area contributed by atoms with Crippen molar-refractivity contribution in [1.29, 1.82) is 0 Å². The number of halogens is 1. The van der Waals surface area contributed by atoms with Crippen molar-refractivity contribution in [2.75, 3.05) is 13.2 Å². The predicted octanol–water partition coefficient (Wildman–Crippen LogP) is 2.13. The minimum absolute atomic E-state index is 0.127. The Labute approximate surface area is 132 Å². The zero-order chi connectivity index (χ0) is 16.2. The van der Waals surface area contributed by atoms with Crippen molar-refractivity contribution in [1.82, 2.24) is 10.3 Å². The molecule has 0 bridgehead atoms. The van der Waals surface area contributed by atoms with Crippen LogP contribution in [0, 0.1) is 5.82 Å². The van der Waals surface area contributed by atoms with E-state index in [-0.39, 0.29) is 23.9 Å². The van der Waals surface area contributed by atoms with Gasteiger partial charge in [-0.15, -0.1) is 0 Å². The summed E-state index contributed by atoms with van der Waals surface area (Å²) in [6.07, 6.45) is 1.46. The van der Waals surface area contributed by atoms with E-state index < -0.39 is 17.8 Å². The summed E-state index contributed by atoms with van der Waals surface area (Å²) in [6.45, 7) is 0.496. The second-order valence-corrected chi connectivity index (χ2v) is 5.31. The molecule has 0 radical (unpaired) electrons. The van der Waals surface area contributed by atoms with Gasteiger partial charge in [-0.3, -0.25) is 4.79 Å². The molecule has 1 fully saturated rings. The molecule has 7 heteroatoms. The van der Waals surface area contributed by atoms with Crippen molar-refractivity contribution in [3.63, 3.8) is 0 Å². The molecular formula is C16H17FN2O4. The fourth-order valence-electron chi connectivity index (χ4n) is 2.57. The fourth-order valence-corrected chi connectivity index (χ4v) is 2.57. The molecule has 1 amide bonds. The maximum atomic E-state index is 13.6. The summed E-state index contributed by atoms with van der Waals surface area (Å²) in [4.78, 5) is 16.1. The van der Waals surface area contributed by atoms with Crippen LogP contribution in [0.3, 0.4) is 0 Å². The molecule has 6 nitrogen and oxygen atoms in total. The van der Waals surface area contributed by atoms with E-state index in [1.807, 2.05) is 0 Å². The number of hydrogen-bond acceptors (Lipinski definition) is 5. The Morgan fingerprint density at radius 2 is 2.30 bits per heavy atom. The highest BCUT2D eigenvalue weighted by atomic mass is 19.1. The largest absolute Gasteiger partial charge is 0.445 e. The summed E-state index contributed by atoms with van der Waals surface area (Å²) in [5, 5.41) is 12.5. The number of carbonyl (C=O) groups excluding carboxylic acids is 1. The maximum Gasteiger partial charge on any atom is 0.273 e. The van der Waals surface area contributed by atoms with Gasteiger partial charge in [-0.1, -0.05) is 18.2 Å². The number of aliphatic hydroxyl groups excluding tert-OH is 1. The first kappa shape index (κ1) is 15.6. The standard InChI is InChI=1S/C16H17FN2O4/c17-11-5-2-1-4-10(11)12(20)8-18-16(21)14-15(23-9-19-14)13-6-3-7-22-13/h1-2,4-5,9,12-13,20H,3,6-8H2,(H,18,21). The second kappa shape index (κ2) is 6.89. The SMILES string of the molecule is O=C(NCC(O)c1ccccc1F)c1ncoc1C1CCCO1. The number of oxazole rings is 1. The van der Waals surface area contributed by atoms with Gasteiger partial charge in [0.2, 0.25) is 0 Å². The van der Waals surface area contributed by atoms with Crippen LogP contribution >= 0.6 is 0 Å². The highest BCUT2D eigenvalue weighted by Gasteiger charge is 2.28. The van der Waals surface area contributed by atoms with Crippen LogP contribution in [0.5, 0.6) is 0 Å². The van der Waals surface area contributed by atoms with Crippen molar-refractivity contribution in [2.24, 2.45) is 0 Å². The molecule has 2 N–H and O–H groups in total. The lowest BCUT2D eigenvalue weighted by molar-refractivity contribution is 0.0841. The third kappa shape index (κ3) is 3.40. The lowest BCUT2D eigenvalue weighted by Crippen LogP contribution is -2.29. The number of amides is 1. The van der Waals surface area contributed by atoms with Crippen LogP contribution in [0.2, 0.25) is 0 Å². The summed E-state index contributed by atoms with van der Waals surface area (Å²) in [5.74, 6) is -0.615. The number of aromatic nitrogens is 1. The average molecular weight is 320 g/mol. The monoisotopic (exact) mass is 320 g/mol. The van der Waals surface area contributed by atoms with Crippen LogP contribution in [0.4, 0.5) is 4.39 Å². The van der Waals surface area contributed by atoms with E-state index in [9.17, 15) is 14.3 Å². The third-order valence-corrected chi connectivity index (χ3v) is 3.75. The maximum absolute atomic E-state index is 13.6. The lowest BCUT2D eigenvalue weighted by atomic mass is 10.1. The molecule has 1 aliphatic heterocycles. The van der Waals surface area contributed by atoms with Gasteiger partial charge in [-0.25, -0.2) is 9.37 Å². The number of nitrogens with zero attached hydrogens (tertiary/aromatic N) is 1. The average Bonchev–Trinajstić information content (AvgIpc) is 3.23. The fraction of sp³-hybridized carbons (Fsp3) is 0.375. The molecule has 2 unspecified atom stereocenters. The highest BCUT2D eigenvalue weighted by Crippen LogP contribution is 2.30. The van der Waals surface area contributed by atoms with Crippen molar-refractivity contribution in [3.8, 4) is 0 Å². The minimum Gasteiger partial charge on any atom is -0.445 e. The van der Waals surface area contributed by atoms with Gasteiger partial charge < -0.3 is 19.6 Å². The van der Waals surface area contributed by atoms with E-state index in [2.05, 4.69) is 10.3 Å². The molecule has 23 heavy (non-hydrogen) atoms. The summed E-state index contributed by atoms with van der Waals surface area (Å²) < 4.78 is 24.3. The molecule has 2 heterocycles. The molecular weight excluding hydrogens is 303 g/mol. The Hall–Kier alpha value is -2.25. The zero-order valence-corrected chi connectivity index (χ0v) is 12.4. The Kier molecular flexibility index (Phi) is 4.68. The summed E-state index contributed by atoms with van der Waals surface area (Å²) in [7, 11) is 0. The normalized spacial score (nSPS) is 18.8. The molecule has 2 aromatic rings. The number of rotatable bonds is 5. The van der Waals surface area contributed by atoms with E-state index in [4.69, 9.17) is 9.15 Å². The van der Waals surface area contributed by atoms with Crippen molar-refractivity contribution < 1.29 is 23.4 Å². The van der Waals surface area contributed by atoms with Gasteiger partial charge in [0.05, 0.1) is 6.10 Å². The predicted molar refractivity (Wildman–Crippen MR) is 78.1 cm³/mol. The van der Waals surface area contributed by atoms with Crippen LogP contribution in [0.1, 0.15) is 46.9 Å². The first-order chi connectivity index (χ1) is 11.2. The first-order valence-corrected chi connectivity index (χ1v) is 7.42. The summed E-state index contributed by atoms with van der Waals surface area (Å²) in [6, 6.07) is 5.89. The lowest BCUT2D eigenvalue weighted by Gasteiger charge is -2.13.